The molecule has 2 saturated heterocycles. The van der Waals surface area contributed by atoms with E-state index in [2.05, 4.69) is 25.2 Å². The van der Waals surface area contributed by atoms with Gasteiger partial charge in [-0.25, -0.2) is 15.8 Å². The van der Waals surface area contributed by atoms with E-state index in [1.54, 1.807) is 7.11 Å². The first-order valence-corrected chi connectivity index (χ1v) is 7.18. The normalized spacial score (nSPS) is 23.3. The molecule has 3 N–H and O–H groups in total. The number of aromatic nitrogens is 2. The molecular formula is C13H22N6O. The number of nitrogen functional groups attached to an aromatic ring is 1. The van der Waals surface area contributed by atoms with Gasteiger partial charge in [0, 0.05) is 25.7 Å². The molecule has 0 spiro atoms. The van der Waals surface area contributed by atoms with E-state index < -0.39 is 0 Å². The number of nitrogens with one attached hydrogen (secondary N) is 1. The number of fused-ring (bicyclic) bond motifs is 1. The van der Waals surface area contributed by atoms with E-state index in [0.29, 0.717) is 17.6 Å². The Morgan fingerprint density at radius 1 is 1.30 bits per heavy atom. The van der Waals surface area contributed by atoms with Crippen molar-refractivity contribution in [3.63, 3.8) is 0 Å². The van der Waals surface area contributed by atoms with E-state index in [1.807, 2.05) is 0 Å². The summed E-state index contributed by atoms with van der Waals surface area (Å²) in [6, 6.07) is 0.631. The van der Waals surface area contributed by atoms with Crippen LogP contribution in [0, 0.1) is 0 Å². The maximum atomic E-state index is 5.48. The lowest BCUT2D eigenvalue weighted by molar-refractivity contribution is 0.133. The number of hydrogen-bond donors (Lipinski definition) is 2. The lowest BCUT2D eigenvalue weighted by atomic mass is 9.99. The molecule has 2 aliphatic rings. The van der Waals surface area contributed by atoms with Crippen molar-refractivity contribution in [2.45, 2.75) is 25.3 Å². The third-order valence-corrected chi connectivity index (χ3v) is 4.26. The lowest BCUT2D eigenvalue weighted by Crippen LogP contribution is -2.55. The molecule has 1 atom stereocenters. The molecule has 1 aromatic heterocycles. The minimum Gasteiger partial charge on any atom is -0.490 e. The molecule has 1 aromatic rings. The van der Waals surface area contributed by atoms with E-state index in [-0.39, 0.29) is 0 Å². The predicted molar refractivity (Wildman–Crippen MR) is 77.8 cm³/mol. The Bertz CT molecular complexity index is 468. The topological polar surface area (TPSA) is 79.5 Å². The molecule has 110 valence electrons. The van der Waals surface area contributed by atoms with E-state index in [4.69, 9.17) is 10.6 Å². The fourth-order valence-corrected chi connectivity index (χ4v) is 3.23. The number of piperidine rings is 1. The second kappa shape index (κ2) is 5.80. The van der Waals surface area contributed by atoms with Gasteiger partial charge in [0.15, 0.2) is 11.6 Å². The molecule has 3 heterocycles. The van der Waals surface area contributed by atoms with Crippen LogP contribution in [0.5, 0.6) is 5.75 Å². The Kier molecular flexibility index (Phi) is 3.88. The van der Waals surface area contributed by atoms with Gasteiger partial charge in [-0.1, -0.05) is 6.42 Å². The van der Waals surface area contributed by atoms with Crippen LogP contribution in [0.2, 0.25) is 0 Å². The van der Waals surface area contributed by atoms with Crippen LogP contribution in [-0.4, -0.2) is 54.2 Å². The van der Waals surface area contributed by atoms with Crippen LogP contribution in [0.3, 0.4) is 0 Å². The number of nitrogens with zero attached hydrogens (tertiary/aromatic N) is 4. The molecule has 1 unspecified atom stereocenters. The maximum absolute atomic E-state index is 5.48. The first-order chi connectivity index (χ1) is 9.83. The highest BCUT2D eigenvalue weighted by Gasteiger charge is 2.31. The van der Waals surface area contributed by atoms with Gasteiger partial charge in [-0.15, -0.1) is 0 Å². The highest BCUT2D eigenvalue weighted by atomic mass is 16.5. The lowest BCUT2D eigenvalue weighted by Gasteiger charge is -2.44. The summed E-state index contributed by atoms with van der Waals surface area (Å²) in [6.45, 7) is 4.28. The van der Waals surface area contributed by atoms with Gasteiger partial charge in [-0.05, 0) is 19.4 Å². The van der Waals surface area contributed by atoms with Crippen molar-refractivity contribution >= 4 is 11.6 Å². The summed E-state index contributed by atoms with van der Waals surface area (Å²) in [4.78, 5) is 13.4. The van der Waals surface area contributed by atoms with E-state index in [1.165, 1.54) is 32.1 Å². The van der Waals surface area contributed by atoms with Gasteiger partial charge in [0.2, 0.25) is 5.75 Å². The Balaban J connectivity index is 1.82. The summed E-state index contributed by atoms with van der Waals surface area (Å²) in [7, 11) is 1.62. The number of anilines is 2. The highest BCUT2D eigenvalue weighted by Crippen LogP contribution is 2.33. The summed E-state index contributed by atoms with van der Waals surface area (Å²) in [5.74, 6) is 7.47. The van der Waals surface area contributed by atoms with Gasteiger partial charge in [-0.2, -0.15) is 0 Å². The molecule has 0 radical (unpaired) electrons. The Morgan fingerprint density at radius 3 is 3.00 bits per heavy atom. The average Bonchev–Trinajstić information content (AvgIpc) is 2.53. The molecule has 7 heteroatoms. The van der Waals surface area contributed by atoms with Crippen molar-refractivity contribution in [2.75, 3.05) is 43.6 Å². The monoisotopic (exact) mass is 278 g/mol. The minimum atomic E-state index is 0.531. The van der Waals surface area contributed by atoms with Crippen molar-refractivity contribution in [1.29, 1.82) is 0 Å². The summed E-state index contributed by atoms with van der Waals surface area (Å²) in [6.07, 6.45) is 5.45. The van der Waals surface area contributed by atoms with E-state index in [0.717, 1.165) is 25.5 Å². The molecule has 2 fully saturated rings. The number of hydrogen-bond acceptors (Lipinski definition) is 7. The number of ether oxygens (including phenoxy) is 1. The summed E-state index contributed by atoms with van der Waals surface area (Å²) >= 11 is 0. The van der Waals surface area contributed by atoms with Crippen LogP contribution in [0.25, 0.3) is 0 Å². The first kappa shape index (κ1) is 13.4. The second-order valence-electron chi connectivity index (χ2n) is 5.36. The van der Waals surface area contributed by atoms with Gasteiger partial charge in [0.1, 0.15) is 6.33 Å². The van der Waals surface area contributed by atoms with Crippen LogP contribution in [0.15, 0.2) is 6.33 Å². The number of piperazine rings is 1. The number of methoxy groups -OCH3 is 1. The minimum absolute atomic E-state index is 0.531. The van der Waals surface area contributed by atoms with Crippen molar-refractivity contribution in [3.8, 4) is 5.75 Å². The van der Waals surface area contributed by atoms with Crippen molar-refractivity contribution in [2.24, 2.45) is 5.84 Å². The zero-order chi connectivity index (χ0) is 13.9. The second-order valence-corrected chi connectivity index (χ2v) is 5.36. The number of nitrogens with two attached hydrogens (primary N) is 1. The molecule has 0 aromatic carbocycles. The molecule has 2 aliphatic heterocycles. The molecule has 0 amide bonds. The third kappa shape index (κ3) is 2.38. The number of rotatable bonds is 3. The molecule has 3 rings (SSSR count). The largest absolute Gasteiger partial charge is 0.490 e. The SMILES string of the molecule is COc1c(NN)ncnc1N1CCN2CCCCC2C1. The molecule has 20 heavy (non-hydrogen) atoms. The predicted octanol–water partition coefficient (Wildman–Crippen LogP) is 0.445. The quantitative estimate of drug-likeness (QED) is 0.613. The average molecular weight is 278 g/mol. The molecule has 7 nitrogen and oxygen atoms in total. The van der Waals surface area contributed by atoms with Gasteiger partial charge in [-0.3, -0.25) is 4.90 Å². The molecule has 0 saturated carbocycles. The van der Waals surface area contributed by atoms with Crippen LogP contribution in [-0.2, 0) is 0 Å². The fourth-order valence-electron chi connectivity index (χ4n) is 3.23. The Hall–Kier alpha value is -1.60. The van der Waals surface area contributed by atoms with Crippen LogP contribution >= 0.6 is 0 Å². The van der Waals surface area contributed by atoms with Gasteiger partial charge in [0.25, 0.3) is 0 Å². The Labute approximate surface area is 119 Å². The first-order valence-electron chi connectivity index (χ1n) is 7.18. The smallest absolute Gasteiger partial charge is 0.205 e. The Morgan fingerprint density at radius 2 is 2.20 bits per heavy atom. The molecule has 0 aliphatic carbocycles. The van der Waals surface area contributed by atoms with Crippen molar-refractivity contribution in [3.05, 3.63) is 6.33 Å². The van der Waals surface area contributed by atoms with E-state index >= 15 is 0 Å². The number of hydrazine groups is 1. The summed E-state index contributed by atoms with van der Waals surface area (Å²) in [5, 5.41) is 0. The molecular weight excluding hydrogens is 256 g/mol. The third-order valence-electron chi connectivity index (χ3n) is 4.26. The highest BCUT2D eigenvalue weighted by molar-refractivity contribution is 5.64. The standard InChI is InChI=1S/C13H22N6O/c1-20-11-12(17-14)15-9-16-13(11)19-7-6-18-5-3-2-4-10(18)8-19/h9-10H,2-8,14H2,1H3,(H,15,16,17). The summed E-state index contributed by atoms with van der Waals surface area (Å²) in [5.41, 5.74) is 2.57. The van der Waals surface area contributed by atoms with Crippen LogP contribution in [0.1, 0.15) is 19.3 Å². The molecule has 0 bridgehead atoms. The maximum Gasteiger partial charge on any atom is 0.205 e. The van der Waals surface area contributed by atoms with Crippen molar-refractivity contribution < 1.29 is 4.74 Å². The van der Waals surface area contributed by atoms with Crippen LogP contribution in [0.4, 0.5) is 11.6 Å². The van der Waals surface area contributed by atoms with Crippen molar-refractivity contribution in [1.82, 2.24) is 14.9 Å². The van der Waals surface area contributed by atoms with Gasteiger partial charge in [0.05, 0.1) is 7.11 Å². The zero-order valence-electron chi connectivity index (χ0n) is 11.9. The van der Waals surface area contributed by atoms with E-state index in [9.17, 15) is 0 Å². The fraction of sp³-hybridized carbons (Fsp3) is 0.692. The van der Waals surface area contributed by atoms with Gasteiger partial charge < -0.3 is 15.1 Å². The summed E-state index contributed by atoms with van der Waals surface area (Å²) < 4.78 is 5.43. The van der Waals surface area contributed by atoms with Gasteiger partial charge >= 0.3 is 0 Å². The van der Waals surface area contributed by atoms with Crippen LogP contribution < -0.4 is 20.9 Å². The zero-order valence-corrected chi connectivity index (χ0v) is 11.9.